The fourth-order valence-corrected chi connectivity index (χ4v) is 3.85. The molecule has 2 N–H and O–H groups in total. The van der Waals surface area contributed by atoms with Crippen LogP contribution in [-0.2, 0) is 6.42 Å². The van der Waals surface area contributed by atoms with Gasteiger partial charge in [-0.05, 0) is 85.6 Å². The lowest BCUT2D eigenvalue weighted by atomic mass is 10.1. The fraction of sp³-hybridized carbons (Fsp3) is 0.200. The quantitative estimate of drug-likeness (QED) is 0.341. The number of aryl methyl sites for hydroxylation is 2. The summed E-state index contributed by atoms with van der Waals surface area (Å²) in [7, 11) is 0. The Morgan fingerprint density at radius 3 is 2.48 bits per heavy atom. The molecule has 0 spiro atoms. The van der Waals surface area contributed by atoms with Gasteiger partial charge in [0.2, 0.25) is 0 Å². The Morgan fingerprint density at radius 1 is 1.06 bits per heavy atom. The van der Waals surface area contributed by atoms with Gasteiger partial charge in [-0.3, -0.25) is 10.1 Å². The molecule has 3 aromatic carbocycles. The summed E-state index contributed by atoms with van der Waals surface area (Å²) < 4.78 is 0. The van der Waals surface area contributed by atoms with Crippen LogP contribution < -0.4 is 10.6 Å². The van der Waals surface area contributed by atoms with E-state index in [9.17, 15) is 4.79 Å². The molecule has 0 saturated carbocycles. The Labute approximate surface area is 203 Å². The van der Waals surface area contributed by atoms with E-state index in [4.69, 9.17) is 23.8 Å². The lowest BCUT2D eigenvalue weighted by Crippen LogP contribution is -2.34. The molecule has 0 saturated heterocycles. The first kappa shape index (κ1) is 22.9. The number of amides is 1. The van der Waals surface area contributed by atoms with Crippen LogP contribution >= 0.6 is 23.8 Å². The Kier molecular flexibility index (Phi) is 7.01. The van der Waals surface area contributed by atoms with Crippen LogP contribution in [0.2, 0.25) is 5.02 Å². The number of aromatic nitrogens is 3. The second-order valence-electron chi connectivity index (χ2n) is 7.83. The number of carbonyl (C=O) groups is 1. The van der Waals surface area contributed by atoms with Gasteiger partial charge in [-0.1, -0.05) is 43.1 Å². The van der Waals surface area contributed by atoms with Crippen molar-refractivity contribution in [3.05, 3.63) is 82.4 Å². The number of hydrogen-bond acceptors (Lipinski definition) is 4. The minimum Gasteiger partial charge on any atom is -0.332 e. The van der Waals surface area contributed by atoms with Crippen LogP contribution in [0.1, 0.15) is 41.3 Å². The van der Waals surface area contributed by atoms with Gasteiger partial charge < -0.3 is 5.32 Å². The minimum atomic E-state index is -0.331. The first-order valence-corrected chi connectivity index (χ1v) is 11.6. The van der Waals surface area contributed by atoms with Crippen molar-refractivity contribution in [2.24, 2.45) is 0 Å². The molecule has 4 aromatic rings. The Hall–Kier alpha value is -3.29. The average Bonchev–Trinajstić information content (AvgIpc) is 3.20. The Bertz CT molecular complexity index is 1320. The van der Waals surface area contributed by atoms with Crippen LogP contribution in [0.3, 0.4) is 0 Å². The summed E-state index contributed by atoms with van der Waals surface area (Å²) in [4.78, 5) is 14.0. The van der Waals surface area contributed by atoms with Crippen molar-refractivity contribution in [3.8, 4) is 5.69 Å². The van der Waals surface area contributed by atoms with Crippen LogP contribution in [0.4, 0.5) is 5.69 Å². The third-order valence-electron chi connectivity index (χ3n) is 5.27. The maximum Gasteiger partial charge on any atom is 0.257 e. The SMILES string of the molecule is CCCCc1ccc(-n2nc3cc(C)c(NC(=S)NC(=O)c4cccc(Cl)c4)cc3n2)cc1. The second kappa shape index (κ2) is 10.1. The molecule has 33 heavy (non-hydrogen) atoms. The van der Waals surface area contributed by atoms with Crippen molar-refractivity contribution in [2.45, 2.75) is 33.1 Å². The highest BCUT2D eigenvalue weighted by atomic mass is 35.5. The zero-order chi connectivity index (χ0) is 23.4. The van der Waals surface area contributed by atoms with Gasteiger partial charge in [0.15, 0.2) is 5.11 Å². The molecule has 0 aliphatic heterocycles. The molecular formula is C25H24ClN5OS. The largest absolute Gasteiger partial charge is 0.332 e. The van der Waals surface area contributed by atoms with Crippen LogP contribution in [0.5, 0.6) is 0 Å². The predicted octanol–water partition coefficient (Wildman–Crippen LogP) is 5.85. The topological polar surface area (TPSA) is 71.8 Å². The van der Waals surface area contributed by atoms with Crippen molar-refractivity contribution in [1.29, 1.82) is 0 Å². The highest BCUT2D eigenvalue weighted by Gasteiger charge is 2.12. The third-order valence-corrected chi connectivity index (χ3v) is 5.71. The van der Waals surface area contributed by atoms with E-state index < -0.39 is 0 Å². The van der Waals surface area contributed by atoms with Gasteiger partial charge >= 0.3 is 0 Å². The molecular weight excluding hydrogens is 454 g/mol. The summed E-state index contributed by atoms with van der Waals surface area (Å²) in [6.45, 7) is 4.14. The summed E-state index contributed by atoms with van der Waals surface area (Å²) in [5, 5.41) is 15.7. The highest BCUT2D eigenvalue weighted by molar-refractivity contribution is 7.80. The molecule has 0 unspecified atom stereocenters. The van der Waals surface area contributed by atoms with Gasteiger partial charge in [0, 0.05) is 16.3 Å². The average molecular weight is 478 g/mol. The van der Waals surface area contributed by atoms with Gasteiger partial charge in [-0.15, -0.1) is 10.2 Å². The second-order valence-corrected chi connectivity index (χ2v) is 8.68. The van der Waals surface area contributed by atoms with Gasteiger partial charge in [0.1, 0.15) is 11.0 Å². The zero-order valence-corrected chi connectivity index (χ0v) is 20.0. The molecule has 0 aliphatic carbocycles. The first-order chi connectivity index (χ1) is 15.9. The number of anilines is 1. The molecule has 1 amide bonds. The lowest BCUT2D eigenvalue weighted by molar-refractivity contribution is 0.0977. The normalized spacial score (nSPS) is 10.9. The van der Waals surface area contributed by atoms with Crippen LogP contribution in [0, 0.1) is 6.92 Å². The summed E-state index contributed by atoms with van der Waals surface area (Å²) in [6, 6.07) is 18.8. The smallest absolute Gasteiger partial charge is 0.257 e. The van der Waals surface area contributed by atoms with Crippen LogP contribution in [0.25, 0.3) is 16.7 Å². The number of fused-ring (bicyclic) bond motifs is 1. The van der Waals surface area contributed by atoms with E-state index in [-0.39, 0.29) is 11.0 Å². The highest BCUT2D eigenvalue weighted by Crippen LogP contribution is 2.22. The molecule has 168 valence electrons. The van der Waals surface area contributed by atoms with E-state index in [0.29, 0.717) is 10.6 Å². The first-order valence-electron chi connectivity index (χ1n) is 10.8. The van der Waals surface area contributed by atoms with E-state index in [2.05, 4.69) is 39.9 Å². The van der Waals surface area contributed by atoms with Crippen molar-refractivity contribution < 1.29 is 4.79 Å². The number of benzene rings is 3. The molecule has 4 rings (SSSR count). The molecule has 1 heterocycles. The predicted molar refractivity (Wildman–Crippen MR) is 137 cm³/mol. The third kappa shape index (κ3) is 5.56. The van der Waals surface area contributed by atoms with Crippen molar-refractivity contribution in [1.82, 2.24) is 20.3 Å². The van der Waals surface area contributed by atoms with Crippen molar-refractivity contribution in [3.63, 3.8) is 0 Å². The standard InChI is InChI=1S/C25H24ClN5OS/c1-3-4-6-17-9-11-20(12-10-17)31-29-22-13-16(2)21(15-23(22)30-31)27-25(33)28-24(32)18-7-5-8-19(26)14-18/h5,7-15H,3-4,6H2,1-2H3,(H2,27,28,32,33). The summed E-state index contributed by atoms with van der Waals surface area (Å²) in [5.41, 5.74) is 5.84. The van der Waals surface area contributed by atoms with E-state index in [1.807, 2.05) is 31.2 Å². The number of thiocarbonyl (C=S) groups is 1. The minimum absolute atomic E-state index is 0.192. The number of rotatable bonds is 6. The molecule has 8 heteroatoms. The number of hydrogen-bond donors (Lipinski definition) is 2. The fourth-order valence-electron chi connectivity index (χ4n) is 3.45. The zero-order valence-electron chi connectivity index (χ0n) is 18.4. The molecule has 0 atom stereocenters. The molecule has 0 bridgehead atoms. The molecule has 1 aromatic heterocycles. The summed E-state index contributed by atoms with van der Waals surface area (Å²) in [6.07, 6.45) is 3.43. The maximum absolute atomic E-state index is 12.4. The molecule has 6 nitrogen and oxygen atoms in total. The van der Waals surface area contributed by atoms with E-state index in [1.165, 1.54) is 18.4 Å². The van der Waals surface area contributed by atoms with Crippen molar-refractivity contribution >= 4 is 51.6 Å². The summed E-state index contributed by atoms with van der Waals surface area (Å²) >= 11 is 11.3. The van der Waals surface area contributed by atoms with Gasteiger partial charge in [-0.2, -0.15) is 4.80 Å². The van der Waals surface area contributed by atoms with Crippen molar-refractivity contribution in [2.75, 3.05) is 5.32 Å². The maximum atomic E-state index is 12.4. The number of nitrogens with zero attached hydrogens (tertiary/aromatic N) is 3. The summed E-state index contributed by atoms with van der Waals surface area (Å²) in [5.74, 6) is -0.331. The molecule has 0 fully saturated rings. The number of carbonyl (C=O) groups excluding carboxylic acids is 1. The van der Waals surface area contributed by atoms with Gasteiger partial charge in [0.25, 0.3) is 5.91 Å². The molecule has 0 radical (unpaired) electrons. The van der Waals surface area contributed by atoms with E-state index in [0.717, 1.165) is 34.4 Å². The number of unbranched alkanes of at least 4 members (excludes halogenated alkanes) is 1. The number of halogens is 1. The Morgan fingerprint density at radius 2 is 1.79 bits per heavy atom. The van der Waals surface area contributed by atoms with Crippen LogP contribution in [0.15, 0.2) is 60.7 Å². The number of nitrogens with one attached hydrogen (secondary N) is 2. The Balaban J connectivity index is 1.49. The van der Waals surface area contributed by atoms with Crippen LogP contribution in [-0.4, -0.2) is 26.0 Å². The monoisotopic (exact) mass is 477 g/mol. The van der Waals surface area contributed by atoms with E-state index in [1.54, 1.807) is 29.1 Å². The lowest BCUT2D eigenvalue weighted by Gasteiger charge is -2.11. The van der Waals surface area contributed by atoms with Gasteiger partial charge in [0.05, 0.1) is 5.69 Å². The molecule has 0 aliphatic rings. The van der Waals surface area contributed by atoms with Gasteiger partial charge in [-0.25, -0.2) is 0 Å². The van der Waals surface area contributed by atoms with E-state index >= 15 is 0 Å².